The molecule has 210 valence electrons. The molecule has 0 aliphatic carbocycles. The van der Waals surface area contributed by atoms with Crippen LogP contribution in [-0.2, 0) is 10.8 Å². The monoisotopic (exact) mass is 534 g/mol. The molecule has 4 aromatic rings. The van der Waals surface area contributed by atoms with Gasteiger partial charge in [-0.1, -0.05) is 135 Å². The van der Waals surface area contributed by atoms with Crippen molar-refractivity contribution in [3.8, 4) is 0 Å². The zero-order valence-corrected chi connectivity index (χ0v) is 24.3. The molecule has 40 heavy (non-hydrogen) atoms. The summed E-state index contributed by atoms with van der Waals surface area (Å²) in [7, 11) is 0. The molecule has 4 rings (SSSR count). The molecule has 4 unspecified atom stereocenters. The lowest BCUT2D eigenvalue weighted by atomic mass is 9.64. The Balaban J connectivity index is 1.68. The van der Waals surface area contributed by atoms with Crippen molar-refractivity contribution in [3.63, 3.8) is 0 Å². The van der Waals surface area contributed by atoms with Crippen LogP contribution in [0.15, 0.2) is 121 Å². The molecule has 0 fully saturated rings. The Hall–Kier alpha value is -3.20. The fourth-order valence-electron chi connectivity index (χ4n) is 6.58. The van der Waals surface area contributed by atoms with E-state index in [2.05, 4.69) is 135 Å². The summed E-state index contributed by atoms with van der Waals surface area (Å²) >= 11 is 0. The van der Waals surface area contributed by atoms with Gasteiger partial charge in [0.25, 0.3) is 0 Å². The average molecular weight is 535 g/mol. The molecule has 2 nitrogen and oxygen atoms in total. The SMILES string of the molecule is CC(CCC(C)(CC(CCO)c1ccccc1)c1ccccc1)(CC(CCO)c1ccccc1)c1ccccc1. The largest absolute Gasteiger partial charge is 0.396 e. The van der Waals surface area contributed by atoms with Gasteiger partial charge < -0.3 is 10.2 Å². The number of hydrogen-bond acceptors (Lipinski definition) is 2. The molecular weight excluding hydrogens is 488 g/mol. The predicted octanol–water partition coefficient (Wildman–Crippen LogP) is 8.80. The van der Waals surface area contributed by atoms with Gasteiger partial charge in [-0.15, -0.1) is 0 Å². The second kappa shape index (κ2) is 14.4. The Morgan fingerprint density at radius 2 is 0.775 bits per heavy atom. The molecule has 0 heterocycles. The van der Waals surface area contributed by atoms with Crippen LogP contribution in [0.2, 0.25) is 0 Å². The van der Waals surface area contributed by atoms with E-state index in [0.717, 1.165) is 38.5 Å². The van der Waals surface area contributed by atoms with Gasteiger partial charge in [-0.05, 0) is 83.4 Å². The summed E-state index contributed by atoms with van der Waals surface area (Å²) in [6, 6.07) is 43.3. The third-order valence-electron chi connectivity index (χ3n) is 9.06. The lowest BCUT2D eigenvalue weighted by molar-refractivity contribution is 0.234. The van der Waals surface area contributed by atoms with Gasteiger partial charge in [-0.3, -0.25) is 0 Å². The third-order valence-corrected chi connectivity index (χ3v) is 9.06. The van der Waals surface area contributed by atoms with E-state index in [4.69, 9.17) is 0 Å². The lowest BCUT2D eigenvalue weighted by Crippen LogP contribution is -2.32. The number of benzene rings is 4. The number of rotatable bonds is 15. The summed E-state index contributed by atoms with van der Waals surface area (Å²) in [5.74, 6) is 0.566. The van der Waals surface area contributed by atoms with Gasteiger partial charge in [0.05, 0.1) is 0 Å². The van der Waals surface area contributed by atoms with E-state index in [-0.39, 0.29) is 35.9 Å². The van der Waals surface area contributed by atoms with Crippen molar-refractivity contribution in [2.75, 3.05) is 13.2 Å². The molecule has 0 aliphatic heterocycles. The van der Waals surface area contributed by atoms with Gasteiger partial charge in [0, 0.05) is 13.2 Å². The van der Waals surface area contributed by atoms with Gasteiger partial charge in [0.2, 0.25) is 0 Å². The summed E-state index contributed by atoms with van der Waals surface area (Å²) in [5.41, 5.74) is 5.20. The molecule has 0 amide bonds. The minimum atomic E-state index is -0.0633. The quantitative estimate of drug-likeness (QED) is 0.160. The highest BCUT2D eigenvalue weighted by Gasteiger charge is 2.36. The first-order chi connectivity index (χ1) is 19.5. The number of hydrogen-bond donors (Lipinski definition) is 2. The van der Waals surface area contributed by atoms with E-state index in [1.807, 2.05) is 0 Å². The van der Waals surface area contributed by atoms with E-state index >= 15 is 0 Å². The first-order valence-electron chi connectivity index (χ1n) is 14.9. The Labute approximate surface area is 241 Å². The van der Waals surface area contributed by atoms with Gasteiger partial charge in [0.15, 0.2) is 0 Å². The maximum absolute atomic E-state index is 10.0. The van der Waals surface area contributed by atoms with Crippen LogP contribution in [0.3, 0.4) is 0 Å². The molecule has 2 N–H and O–H groups in total. The first kappa shape index (κ1) is 29.8. The van der Waals surface area contributed by atoms with Gasteiger partial charge in [-0.2, -0.15) is 0 Å². The molecule has 0 spiro atoms. The highest BCUT2D eigenvalue weighted by molar-refractivity contribution is 5.31. The van der Waals surface area contributed by atoms with Crippen molar-refractivity contribution >= 4 is 0 Å². The standard InChI is InChI=1S/C38H46O2/c1-37(35-19-11-5-12-20-35,29-33(23-27-39)31-15-7-3-8-16-31)25-26-38(2,36-21-13-6-14-22-36)30-34(24-28-40)32-17-9-4-10-18-32/h3-22,33-34,39-40H,23-30H2,1-2H3. The van der Waals surface area contributed by atoms with Crippen molar-refractivity contribution in [1.82, 2.24) is 0 Å². The van der Waals surface area contributed by atoms with Crippen molar-refractivity contribution < 1.29 is 10.2 Å². The topological polar surface area (TPSA) is 40.5 Å². The van der Waals surface area contributed by atoms with Crippen molar-refractivity contribution in [3.05, 3.63) is 144 Å². The lowest BCUT2D eigenvalue weighted by Gasteiger charge is -2.40. The van der Waals surface area contributed by atoms with E-state index in [0.29, 0.717) is 0 Å². The summed E-state index contributed by atoms with van der Waals surface area (Å²) < 4.78 is 0. The molecular formula is C38H46O2. The van der Waals surface area contributed by atoms with E-state index in [9.17, 15) is 10.2 Å². The second-order valence-electron chi connectivity index (χ2n) is 12.0. The fourth-order valence-corrected chi connectivity index (χ4v) is 6.58. The molecule has 0 saturated carbocycles. The summed E-state index contributed by atoms with van der Waals surface area (Å²) in [4.78, 5) is 0. The van der Waals surface area contributed by atoms with Crippen LogP contribution in [0.5, 0.6) is 0 Å². The zero-order chi connectivity index (χ0) is 28.3. The Bertz CT molecular complexity index is 1140. The first-order valence-corrected chi connectivity index (χ1v) is 14.9. The summed E-state index contributed by atoms with van der Waals surface area (Å²) in [6.07, 6.45) is 5.52. The maximum Gasteiger partial charge on any atom is 0.0436 e. The minimum Gasteiger partial charge on any atom is -0.396 e. The maximum atomic E-state index is 10.0. The van der Waals surface area contributed by atoms with E-state index < -0.39 is 0 Å². The van der Waals surface area contributed by atoms with Crippen LogP contribution in [0.1, 0.15) is 86.5 Å². The van der Waals surface area contributed by atoms with E-state index in [1.165, 1.54) is 22.3 Å². The molecule has 0 aliphatic rings. The normalized spacial score (nSPS) is 16.0. The highest BCUT2D eigenvalue weighted by atomic mass is 16.3. The average Bonchev–Trinajstić information content (AvgIpc) is 3.01. The predicted molar refractivity (Wildman–Crippen MR) is 168 cm³/mol. The van der Waals surface area contributed by atoms with Gasteiger partial charge in [0.1, 0.15) is 0 Å². The molecule has 4 atom stereocenters. The zero-order valence-electron chi connectivity index (χ0n) is 24.3. The van der Waals surface area contributed by atoms with Crippen LogP contribution in [0.4, 0.5) is 0 Å². The van der Waals surface area contributed by atoms with Gasteiger partial charge >= 0.3 is 0 Å². The van der Waals surface area contributed by atoms with Crippen molar-refractivity contribution in [2.24, 2.45) is 0 Å². The van der Waals surface area contributed by atoms with Crippen LogP contribution in [0.25, 0.3) is 0 Å². The minimum absolute atomic E-state index is 0.0633. The Morgan fingerprint density at radius 3 is 1.07 bits per heavy atom. The molecule has 4 aromatic carbocycles. The van der Waals surface area contributed by atoms with Crippen molar-refractivity contribution in [2.45, 2.75) is 75.0 Å². The number of aliphatic hydroxyl groups is 2. The molecule has 0 saturated heterocycles. The Kier molecular flexibility index (Phi) is 10.7. The fraction of sp³-hybridized carbons (Fsp3) is 0.368. The van der Waals surface area contributed by atoms with Crippen molar-refractivity contribution in [1.29, 1.82) is 0 Å². The summed E-state index contributed by atoms with van der Waals surface area (Å²) in [5, 5.41) is 20.0. The van der Waals surface area contributed by atoms with Crippen LogP contribution < -0.4 is 0 Å². The van der Waals surface area contributed by atoms with E-state index in [1.54, 1.807) is 0 Å². The van der Waals surface area contributed by atoms with Crippen LogP contribution >= 0.6 is 0 Å². The van der Waals surface area contributed by atoms with Gasteiger partial charge in [-0.25, -0.2) is 0 Å². The number of aliphatic hydroxyl groups excluding tert-OH is 2. The van der Waals surface area contributed by atoms with Crippen LogP contribution in [-0.4, -0.2) is 23.4 Å². The van der Waals surface area contributed by atoms with Crippen LogP contribution in [0, 0.1) is 0 Å². The molecule has 0 radical (unpaired) electrons. The highest BCUT2D eigenvalue weighted by Crippen LogP contribution is 2.46. The molecule has 0 bridgehead atoms. The molecule has 2 heteroatoms. The summed E-state index contributed by atoms with van der Waals surface area (Å²) in [6.45, 7) is 5.21. The third kappa shape index (κ3) is 7.71. The smallest absolute Gasteiger partial charge is 0.0436 e. The Morgan fingerprint density at radius 1 is 0.475 bits per heavy atom. The second-order valence-corrected chi connectivity index (χ2v) is 12.0. The molecule has 0 aromatic heterocycles.